The van der Waals surface area contributed by atoms with Gasteiger partial charge in [0, 0.05) is 15.3 Å². The predicted molar refractivity (Wildman–Crippen MR) is 267 cm³/mol. The van der Waals surface area contributed by atoms with Crippen molar-refractivity contribution in [3.05, 3.63) is 112 Å². The van der Waals surface area contributed by atoms with Gasteiger partial charge in [-0.2, -0.15) is 0 Å². The number of fused-ring (bicyclic) bond motifs is 10. The van der Waals surface area contributed by atoms with Crippen molar-refractivity contribution in [1.29, 1.82) is 0 Å². The Morgan fingerprint density at radius 1 is 0.375 bits per heavy atom. The largest absolute Gasteiger partial charge is 0.494 e. The van der Waals surface area contributed by atoms with Crippen molar-refractivity contribution in [2.24, 2.45) is 0 Å². The molecule has 0 N–H and O–H groups in total. The van der Waals surface area contributed by atoms with Crippen LogP contribution < -0.4 is 5.46 Å². The number of rotatable bonds is 2. The van der Waals surface area contributed by atoms with Gasteiger partial charge in [-0.15, -0.1) is 0 Å². The molecule has 5 fully saturated rings. The molecule has 0 atom stereocenters. The first-order chi connectivity index (χ1) is 30.0. The van der Waals surface area contributed by atoms with Gasteiger partial charge in [0.25, 0.3) is 0 Å². The smallest absolute Gasteiger partial charge is 0.405 e. The number of halogens is 1. The first-order valence-corrected chi connectivity index (χ1v) is 25.0. The lowest BCUT2D eigenvalue weighted by molar-refractivity contribution is 0.00578. The molecule has 6 nitrogen and oxygen atoms in total. The van der Waals surface area contributed by atoms with Crippen molar-refractivity contribution in [1.82, 2.24) is 0 Å². The molecule has 3 aliphatic heterocycles. The average Bonchev–Trinajstić information content (AvgIpc) is 3.90. The Kier molecular flexibility index (Phi) is 11.8. The number of benzene rings is 4. The molecule has 10 heteroatoms. The van der Waals surface area contributed by atoms with Crippen LogP contribution in [-0.2, 0) is 38.8 Å². The van der Waals surface area contributed by atoms with Gasteiger partial charge in [-0.25, -0.2) is 0 Å². The Morgan fingerprint density at radius 3 is 1.14 bits per heavy atom. The summed E-state index contributed by atoms with van der Waals surface area (Å²) < 4.78 is 37.7. The van der Waals surface area contributed by atoms with E-state index in [0.717, 1.165) is 5.46 Å². The van der Waals surface area contributed by atoms with Crippen molar-refractivity contribution in [3.63, 3.8) is 0 Å². The lowest BCUT2D eigenvalue weighted by Gasteiger charge is -2.36. The summed E-state index contributed by atoms with van der Waals surface area (Å²) in [5.41, 5.74) is 11.5. The van der Waals surface area contributed by atoms with E-state index in [4.69, 9.17) is 27.9 Å². The van der Waals surface area contributed by atoms with Crippen LogP contribution in [0.5, 0.6) is 0 Å². The summed E-state index contributed by atoms with van der Waals surface area (Å²) in [6, 6.07) is 31.8. The van der Waals surface area contributed by atoms with Crippen LogP contribution in [-0.4, -0.2) is 54.7 Å². The fraction of sp³-hybridized carbons (Fsp3) is 0.556. The fourth-order valence-electron chi connectivity index (χ4n) is 11.4. The molecule has 3 heterocycles. The van der Waals surface area contributed by atoms with E-state index in [1.54, 1.807) is 11.1 Å². The Bertz CT molecular complexity index is 2310. The van der Waals surface area contributed by atoms with Gasteiger partial charge in [0.1, 0.15) is 0 Å². The SMILES string of the molecule is Brc1ccc2c(c1)C1(CCCCC1)c1ccccc1-2.CC1(C)OB(B2OC(C)(C)C(C)(C)O2)OC1(C)C.CC1(C)OB(c2ccc3c(c2)C2(CCCCC2)c2ccccc2-3)OC1(C)C. The summed E-state index contributed by atoms with van der Waals surface area (Å²) >= 11 is 3.66. The summed E-state index contributed by atoms with van der Waals surface area (Å²) in [5, 5.41) is 0. The molecule has 4 aromatic rings. The van der Waals surface area contributed by atoms with Gasteiger partial charge < -0.3 is 27.9 Å². The molecular weight excluding hydrogens is 857 g/mol. The van der Waals surface area contributed by atoms with Gasteiger partial charge >= 0.3 is 21.1 Å². The molecule has 11 rings (SSSR count). The zero-order chi connectivity index (χ0) is 45.7. The molecule has 338 valence electrons. The van der Waals surface area contributed by atoms with Crippen molar-refractivity contribution in [2.45, 2.75) is 192 Å². The van der Waals surface area contributed by atoms with Crippen molar-refractivity contribution < 1.29 is 27.9 Å². The van der Waals surface area contributed by atoms with Crippen LogP contribution in [0.25, 0.3) is 22.3 Å². The standard InChI is InChI=1S/C24H29BO2.C18H17Br.C12H24B2O4/c1-22(2)23(3,4)27-25(26-22)17-12-13-19-18-10-6-7-11-20(18)24(21(19)16-17)14-8-5-9-15-24;19-13-8-9-15-14-6-2-3-7-16(14)18(17(15)12-13)10-4-1-5-11-18;1-9(2)10(3,4)16-13(15-9)14-17-11(5,6)12(7,8)18-14/h6-7,10-13,16H,5,8-9,14-15H2,1-4H3;2-3,6-9,12H,1,4-5,10-11H2;1-8H3. The van der Waals surface area contributed by atoms with Crippen LogP contribution in [0.4, 0.5) is 0 Å². The van der Waals surface area contributed by atoms with Crippen molar-refractivity contribution >= 4 is 42.5 Å². The molecule has 2 saturated carbocycles. The summed E-state index contributed by atoms with van der Waals surface area (Å²) in [6.07, 6.45) is 13.2. The van der Waals surface area contributed by atoms with Crippen LogP contribution in [0.2, 0.25) is 0 Å². The lowest BCUT2D eigenvalue weighted by Crippen LogP contribution is -2.41. The molecule has 2 spiro atoms. The fourth-order valence-corrected chi connectivity index (χ4v) is 11.8. The van der Waals surface area contributed by atoms with Crippen molar-refractivity contribution in [2.75, 3.05) is 0 Å². The third kappa shape index (κ3) is 7.66. The van der Waals surface area contributed by atoms with Gasteiger partial charge in [-0.05, 0) is 171 Å². The van der Waals surface area contributed by atoms with Crippen molar-refractivity contribution in [3.8, 4) is 22.3 Å². The summed E-state index contributed by atoms with van der Waals surface area (Å²) in [6.45, 7) is 24.7. The Morgan fingerprint density at radius 2 is 0.719 bits per heavy atom. The van der Waals surface area contributed by atoms with Gasteiger partial charge in [0.2, 0.25) is 0 Å². The highest BCUT2D eigenvalue weighted by Gasteiger charge is 2.64. The summed E-state index contributed by atoms with van der Waals surface area (Å²) in [7, 11) is -1.24. The highest BCUT2D eigenvalue weighted by atomic mass is 79.9. The van der Waals surface area contributed by atoms with E-state index < -0.39 is 14.0 Å². The third-order valence-corrected chi connectivity index (χ3v) is 17.7. The summed E-state index contributed by atoms with van der Waals surface area (Å²) in [5.74, 6) is 0. The minimum atomic E-state index is -0.476. The van der Waals surface area contributed by atoms with Crippen LogP contribution >= 0.6 is 15.9 Å². The zero-order valence-corrected chi connectivity index (χ0v) is 42.3. The highest BCUT2D eigenvalue weighted by molar-refractivity contribution is 9.10. The monoisotopic (exact) mass is 926 g/mol. The minimum absolute atomic E-state index is 0.184. The molecular formula is C54H70B3BrO6. The maximum atomic E-state index is 6.34. The molecule has 64 heavy (non-hydrogen) atoms. The average molecular weight is 927 g/mol. The van der Waals surface area contributed by atoms with Crippen LogP contribution in [0.3, 0.4) is 0 Å². The maximum Gasteiger partial charge on any atom is 0.494 e. The Balaban J connectivity index is 0.000000125. The molecule has 3 saturated heterocycles. The highest BCUT2D eigenvalue weighted by Crippen LogP contribution is 2.57. The number of hydrogen-bond acceptors (Lipinski definition) is 6. The van der Waals surface area contributed by atoms with Gasteiger partial charge in [-0.1, -0.05) is 127 Å². The lowest BCUT2D eigenvalue weighted by atomic mass is 9.49. The first kappa shape index (κ1) is 46.4. The molecule has 4 aliphatic carbocycles. The topological polar surface area (TPSA) is 55.4 Å². The Hall–Kier alpha value is -2.69. The van der Waals surface area contributed by atoms with Crippen LogP contribution in [0.1, 0.15) is 170 Å². The second kappa shape index (κ2) is 16.2. The van der Waals surface area contributed by atoms with Gasteiger partial charge in [0.15, 0.2) is 0 Å². The van der Waals surface area contributed by atoms with E-state index >= 15 is 0 Å². The van der Waals surface area contributed by atoms with Crippen LogP contribution in [0, 0.1) is 0 Å². The minimum Gasteiger partial charge on any atom is -0.405 e. The van der Waals surface area contributed by atoms with Crippen LogP contribution in [0.15, 0.2) is 89.4 Å². The molecule has 0 aromatic heterocycles. The molecule has 0 amide bonds. The van der Waals surface area contributed by atoms with E-state index in [1.807, 2.05) is 55.4 Å². The quantitative estimate of drug-likeness (QED) is 0.187. The second-order valence-corrected chi connectivity index (χ2v) is 23.6. The van der Waals surface area contributed by atoms with E-state index in [2.05, 4.69) is 129 Å². The third-order valence-electron chi connectivity index (χ3n) is 17.2. The van der Waals surface area contributed by atoms with E-state index in [-0.39, 0.29) is 46.1 Å². The van der Waals surface area contributed by atoms with E-state index in [1.165, 1.54) is 102 Å². The van der Waals surface area contributed by atoms with E-state index in [9.17, 15) is 0 Å². The molecule has 0 radical (unpaired) electrons. The molecule has 0 bridgehead atoms. The number of hydrogen-bond donors (Lipinski definition) is 0. The molecule has 7 aliphatic rings. The van der Waals surface area contributed by atoms with E-state index in [0.29, 0.717) is 5.41 Å². The predicted octanol–water partition coefficient (Wildman–Crippen LogP) is 13.1. The first-order valence-electron chi connectivity index (χ1n) is 24.2. The normalized spacial score (nSPS) is 24.9. The summed E-state index contributed by atoms with van der Waals surface area (Å²) in [4.78, 5) is 0. The second-order valence-electron chi connectivity index (χ2n) is 22.7. The van der Waals surface area contributed by atoms with Gasteiger partial charge in [0.05, 0.1) is 33.6 Å². The van der Waals surface area contributed by atoms with Gasteiger partial charge in [-0.3, -0.25) is 0 Å². The maximum absolute atomic E-state index is 6.34. The Labute approximate surface area is 394 Å². The molecule has 4 aromatic carbocycles. The molecule has 0 unspecified atom stereocenters. The zero-order valence-electron chi connectivity index (χ0n) is 40.7.